The summed E-state index contributed by atoms with van der Waals surface area (Å²) in [4.78, 5) is 26.9. The highest BCUT2D eigenvalue weighted by molar-refractivity contribution is 5.88. The van der Waals surface area contributed by atoms with E-state index in [0.29, 0.717) is 26.2 Å². The Kier molecular flexibility index (Phi) is 6.30. The Labute approximate surface area is 164 Å². The number of nitrogens with one attached hydrogen (secondary N) is 2. The van der Waals surface area contributed by atoms with Crippen LogP contribution in [0.15, 0.2) is 30.3 Å². The standard InChI is InChI=1S/C20H27N5O3/c1-14-10-16(23-24(14)2)12-22-19(26)11-17-20(27)21-8-9-25(17)13-15-6-4-5-7-18(15)28-3/h4-7,10,17H,8-9,11-13H2,1-3H3,(H,21,27)(H,22,26)/t17-/m0/s1. The molecule has 1 aliphatic rings. The van der Waals surface area contributed by atoms with Gasteiger partial charge in [0.25, 0.3) is 0 Å². The van der Waals surface area contributed by atoms with Gasteiger partial charge in [-0.15, -0.1) is 0 Å². The first-order valence-electron chi connectivity index (χ1n) is 9.38. The Bertz CT molecular complexity index is 829. The van der Waals surface area contributed by atoms with E-state index in [9.17, 15) is 9.59 Å². The average molecular weight is 385 g/mol. The molecule has 28 heavy (non-hydrogen) atoms. The van der Waals surface area contributed by atoms with E-state index in [2.05, 4.69) is 15.7 Å². The van der Waals surface area contributed by atoms with Gasteiger partial charge in [0.1, 0.15) is 5.75 Å². The van der Waals surface area contributed by atoms with Crippen LogP contribution in [0.1, 0.15) is 23.4 Å². The molecule has 3 rings (SSSR count). The van der Waals surface area contributed by atoms with Crippen LogP contribution >= 0.6 is 0 Å². The smallest absolute Gasteiger partial charge is 0.237 e. The van der Waals surface area contributed by atoms with E-state index in [1.165, 1.54) is 0 Å². The van der Waals surface area contributed by atoms with Crippen molar-refractivity contribution >= 4 is 11.8 Å². The molecule has 2 aromatic rings. The number of piperazine rings is 1. The lowest BCUT2D eigenvalue weighted by atomic mass is 10.1. The molecule has 0 radical (unpaired) electrons. The van der Waals surface area contributed by atoms with Gasteiger partial charge in [-0.3, -0.25) is 19.2 Å². The maximum Gasteiger partial charge on any atom is 0.237 e. The normalized spacial score (nSPS) is 17.2. The van der Waals surface area contributed by atoms with Crippen LogP contribution in [0.4, 0.5) is 0 Å². The van der Waals surface area contributed by atoms with Gasteiger partial charge in [0.05, 0.1) is 31.8 Å². The number of aromatic nitrogens is 2. The molecule has 0 unspecified atom stereocenters. The molecular weight excluding hydrogens is 358 g/mol. The zero-order valence-corrected chi connectivity index (χ0v) is 16.6. The first-order valence-corrected chi connectivity index (χ1v) is 9.38. The molecule has 2 heterocycles. The molecule has 0 spiro atoms. The average Bonchev–Trinajstić information content (AvgIpc) is 3.01. The van der Waals surface area contributed by atoms with Crippen molar-refractivity contribution in [2.75, 3.05) is 20.2 Å². The number of para-hydroxylation sites is 1. The third-order valence-electron chi connectivity index (χ3n) is 5.02. The molecule has 8 nitrogen and oxygen atoms in total. The maximum absolute atomic E-state index is 12.5. The monoisotopic (exact) mass is 385 g/mol. The van der Waals surface area contributed by atoms with Gasteiger partial charge < -0.3 is 15.4 Å². The van der Waals surface area contributed by atoms with Crippen LogP contribution in [0.2, 0.25) is 0 Å². The highest BCUT2D eigenvalue weighted by Gasteiger charge is 2.32. The SMILES string of the molecule is COc1ccccc1CN1CCNC(=O)[C@@H]1CC(=O)NCc1cc(C)n(C)n1. The summed E-state index contributed by atoms with van der Waals surface area (Å²) in [6.45, 7) is 4.11. The molecule has 1 fully saturated rings. The van der Waals surface area contributed by atoms with E-state index in [4.69, 9.17) is 4.74 Å². The molecular formula is C20H27N5O3. The third kappa shape index (κ3) is 4.69. The van der Waals surface area contributed by atoms with Crippen molar-refractivity contribution in [2.45, 2.75) is 32.5 Å². The molecule has 8 heteroatoms. The molecule has 1 atom stereocenters. The highest BCUT2D eigenvalue weighted by atomic mass is 16.5. The highest BCUT2D eigenvalue weighted by Crippen LogP contribution is 2.22. The fourth-order valence-electron chi connectivity index (χ4n) is 3.38. The number of carbonyl (C=O) groups is 2. The van der Waals surface area contributed by atoms with Crippen molar-refractivity contribution in [3.8, 4) is 5.75 Å². The molecule has 1 aromatic heterocycles. The summed E-state index contributed by atoms with van der Waals surface area (Å²) in [7, 11) is 3.49. The minimum atomic E-state index is -0.510. The summed E-state index contributed by atoms with van der Waals surface area (Å²) >= 11 is 0. The fraction of sp³-hybridized carbons (Fsp3) is 0.450. The Morgan fingerprint density at radius 1 is 1.39 bits per heavy atom. The summed E-state index contributed by atoms with van der Waals surface area (Å²) < 4.78 is 7.18. The van der Waals surface area contributed by atoms with E-state index in [0.717, 1.165) is 22.7 Å². The van der Waals surface area contributed by atoms with Crippen LogP contribution in [0, 0.1) is 6.92 Å². The molecule has 2 amide bonds. The van der Waals surface area contributed by atoms with Crippen molar-refractivity contribution in [3.05, 3.63) is 47.3 Å². The Morgan fingerprint density at radius 3 is 2.89 bits per heavy atom. The molecule has 1 saturated heterocycles. The zero-order valence-electron chi connectivity index (χ0n) is 16.6. The molecule has 0 aliphatic carbocycles. The van der Waals surface area contributed by atoms with Crippen LogP contribution in [0.25, 0.3) is 0 Å². The van der Waals surface area contributed by atoms with E-state index < -0.39 is 6.04 Å². The van der Waals surface area contributed by atoms with Crippen molar-refractivity contribution in [1.29, 1.82) is 0 Å². The number of benzene rings is 1. The van der Waals surface area contributed by atoms with Crippen LogP contribution in [-0.2, 0) is 29.7 Å². The second kappa shape index (κ2) is 8.88. The number of aryl methyl sites for hydroxylation is 2. The van der Waals surface area contributed by atoms with Gasteiger partial charge in [-0.2, -0.15) is 5.10 Å². The van der Waals surface area contributed by atoms with Crippen LogP contribution in [0.3, 0.4) is 0 Å². The first kappa shape index (κ1) is 19.9. The lowest BCUT2D eigenvalue weighted by molar-refractivity contribution is -0.134. The van der Waals surface area contributed by atoms with E-state index in [1.54, 1.807) is 11.8 Å². The first-order chi connectivity index (χ1) is 13.5. The Morgan fingerprint density at radius 2 is 2.18 bits per heavy atom. The molecule has 1 aliphatic heterocycles. The topological polar surface area (TPSA) is 88.5 Å². The Hall–Kier alpha value is -2.87. The number of hydrogen-bond acceptors (Lipinski definition) is 5. The minimum Gasteiger partial charge on any atom is -0.496 e. The van der Waals surface area contributed by atoms with Gasteiger partial charge in [-0.1, -0.05) is 18.2 Å². The van der Waals surface area contributed by atoms with Crippen molar-refractivity contribution < 1.29 is 14.3 Å². The van der Waals surface area contributed by atoms with E-state index in [-0.39, 0.29) is 18.2 Å². The fourth-order valence-corrected chi connectivity index (χ4v) is 3.38. The van der Waals surface area contributed by atoms with Gasteiger partial charge in [0.2, 0.25) is 11.8 Å². The molecule has 0 saturated carbocycles. The largest absolute Gasteiger partial charge is 0.496 e. The van der Waals surface area contributed by atoms with Gasteiger partial charge in [-0.05, 0) is 19.1 Å². The number of rotatable bonds is 7. The van der Waals surface area contributed by atoms with E-state index in [1.807, 2.05) is 49.2 Å². The second-order valence-corrected chi connectivity index (χ2v) is 6.97. The summed E-state index contributed by atoms with van der Waals surface area (Å²) in [6, 6.07) is 9.15. The van der Waals surface area contributed by atoms with Crippen LogP contribution < -0.4 is 15.4 Å². The number of nitrogens with zero attached hydrogens (tertiary/aromatic N) is 3. The molecule has 0 bridgehead atoms. The van der Waals surface area contributed by atoms with Crippen LogP contribution in [-0.4, -0.2) is 52.7 Å². The van der Waals surface area contributed by atoms with Crippen molar-refractivity contribution in [1.82, 2.24) is 25.3 Å². The van der Waals surface area contributed by atoms with Gasteiger partial charge in [-0.25, -0.2) is 0 Å². The summed E-state index contributed by atoms with van der Waals surface area (Å²) in [5, 5.41) is 10.1. The van der Waals surface area contributed by atoms with Gasteiger partial charge in [0, 0.05) is 37.9 Å². The maximum atomic E-state index is 12.5. The summed E-state index contributed by atoms with van der Waals surface area (Å²) in [6.07, 6.45) is 0.104. The molecule has 2 N–H and O–H groups in total. The molecule has 1 aromatic carbocycles. The van der Waals surface area contributed by atoms with Gasteiger partial charge in [0.15, 0.2) is 0 Å². The number of carbonyl (C=O) groups excluding carboxylic acids is 2. The quantitative estimate of drug-likeness (QED) is 0.734. The minimum absolute atomic E-state index is 0.104. The third-order valence-corrected chi connectivity index (χ3v) is 5.02. The molecule has 150 valence electrons. The predicted octanol–water partition coefficient (Wildman–Crippen LogP) is 0.744. The van der Waals surface area contributed by atoms with Crippen molar-refractivity contribution in [3.63, 3.8) is 0 Å². The van der Waals surface area contributed by atoms with E-state index >= 15 is 0 Å². The number of ether oxygens (including phenoxy) is 1. The number of hydrogen-bond donors (Lipinski definition) is 2. The predicted molar refractivity (Wildman–Crippen MR) is 105 cm³/mol. The number of amides is 2. The second-order valence-electron chi connectivity index (χ2n) is 6.97. The lowest BCUT2D eigenvalue weighted by Gasteiger charge is -2.35. The summed E-state index contributed by atoms with van der Waals surface area (Å²) in [5.74, 6) is 0.488. The zero-order chi connectivity index (χ0) is 20.1. The number of methoxy groups -OCH3 is 1. The van der Waals surface area contributed by atoms with Crippen molar-refractivity contribution in [2.24, 2.45) is 7.05 Å². The lowest BCUT2D eigenvalue weighted by Crippen LogP contribution is -2.56. The van der Waals surface area contributed by atoms with Crippen LogP contribution in [0.5, 0.6) is 5.75 Å². The Balaban J connectivity index is 1.63. The summed E-state index contributed by atoms with van der Waals surface area (Å²) in [5.41, 5.74) is 2.82. The van der Waals surface area contributed by atoms with Gasteiger partial charge >= 0.3 is 0 Å².